The Kier molecular flexibility index (Phi) is 3.16. The molecule has 22 heavy (non-hydrogen) atoms. The molecule has 1 heterocycles. The Bertz CT molecular complexity index is 848. The van der Waals surface area contributed by atoms with E-state index in [0.29, 0.717) is 0 Å². The van der Waals surface area contributed by atoms with Crippen LogP contribution in [0.15, 0.2) is 16.5 Å². The Morgan fingerprint density at radius 2 is 1.27 bits per heavy atom. The van der Waals surface area contributed by atoms with Crippen LogP contribution >= 0.6 is 0 Å². The molecule has 2 aromatic carbocycles. The van der Waals surface area contributed by atoms with Gasteiger partial charge >= 0.3 is 0 Å². The normalized spacial score (nSPS) is 11.4. The summed E-state index contributed by atoms with van der Waals surface area (Å²) in [6.45, 7) is 3.58. The van der Waals surface area contributed by atoms with Crippen molar-refractivity contribution in [1.29, 1.82) is 0 Å². The predicted octanol–water partition coefficient (Wildman–Crippen LogP) is 4.81. The zero-order chi connectivity index (χ0) is 16.2. The molecule has 2 nitrogen and oxygen atoms in total. The highest BCUT2D eigenvalue weighted by molar-refractivity contribution is 5.78. The molecule has 0 saturated heterocycles. The minimum atomic E-state index is -2.22. The van der Waals surface area contributed by atoms with Crippen molar-refractivity contribution in [2.75, 3.05) is 0 Å². The molecule has 0 saturated carbocycles. The lowest BCUT2D eigenvalue weighted by Crippen LogP contribution is -2.04. The zero-order valence-electron chi connectivity index (χ0n) is 11.4. The van der Waals surface area contributed by atoms with Gasteiger partial charge in [-0.15, -0.1) is 0 Å². The number of benzene rings is 2. The van der Waals surface area contributed by atoms with Crippen LogP contribution < -0.4 is 0 Å². The first kappa shape index (κ1) is 14.5. The quantitative estimate of drug-likeness (QED) is 0.366. The third-order valence-electron chi connectivity index (χ3n) is 3.43. The molecule has 7 heteroatoms. The molecule has 114 valence electrons. The molecule has 3 rings (SSSR count). The van der Waals surface area contributed by atoms with E-state index in [1.807, 2.05) is 0 Å². The Balaban J connectivity index is 2.33. The maximum Gasteiger partial charge on any atom is 0.233 e. The predicted molar refractivity (Wildman–Crippen MR) is 68.7 cm³/mol. The Labute approximate surface area is 121 Å². The Morgan fingerprint density at radius 3 is 1.86 bits per heavy atom. The topological polar surface area (TPSA) is 26.0 Å². The van der Waals surface area contributed by atoms with Crippen LogP contribution in [0.3, 0.4) is 0 Å². The van der Waals surface area contributed by atoms with Crippen LogP contribution in [-0.4, -0.2) is 4.98 Å². The summed E-state index contributed by atoms with van der Waals surface area (Å²) in [6.07, 6.45) is 0. The molecular weight excluding hydrogens is 305 g/mol. The molecule has 0 aliphatic carbocycles. The molecule has 0 aliphatic rings. The lowest BCUT2D eigenvalue weighted by atomic mass is 10.1. The van der Waals surface area contributed by atoms with Gasteiger partial charge in [-0.3, -0.25) is 0 Å². The van der Waals surface area contributed by atoms with E-state index in [-0.39, 0.29) is 11.1 Å². The van der Waals surface area contributed by atoms with Crippen LogP contribution in [0.5, 0.6) is 0 Å². The van der Waals surface area contributed by atoms with Gasteiger partial charge < -0.3 is 4.42 Å². The monoisotopic (exact) mass is 313 g/mol. The van der Waals surface area contributed by atoms with Crippen LogP contribution in [0, 0.1) is 42.9 Å². The summed E-state index contributed by atoms with van der Waals surface area (Å²) in [7, 11) is 0. The summed E-state index contributed by atoms with van der Waals surface area (Å²) in [5.74, 6) is -10.9. The van der Waals surface area contributed by atoms with Gasteiger partial charge in [-0.05, 0) is 37.1 Å². The summed E-state index contributed by atoms with van der Waals surface area (Å²) < 4.78 is 72.2. The average Bonchev–Trinajstić information content (AvgIpc) is 2.86. The van der Waals surface area contributed by atoms with Gasteiger partial charge in [0.1, 0.15) is 11.1 Å². The van der Waals surface area contributed by atoms with E-state index < -0.39 is 40.5 Å². The van der Waals surface area contributed by atoms with Crippen molar-refractivity contribution in [1.82, 2.24) is 4.98 Å². The van der Waals surface area contributed by atoms with Crippen LogP contribution in [0.4, 0.5) is 22.0 Å². The molecule has 0 spiro atoms. The van der Waals surface area contributed by atoms with Gasteiger partial charge in [-0.2, -0.15) is 0 Å². The van der Waals surface area contributed by atoms with Gasteiger partial charge in [0.2, 0.25) is 11.7 Å². The smallest absolute Gasteiger partial charge is 0.233 e. The molecule has 3 aromatic rings. The maximum atomic E-state index is 13.8. The second kappa shape index (κ2) is 4.79. The van der Waals surface area contributed by atoms with Gasteiger partial charge in [-0.25, -0.2) is 26.9 Å². The fourth-order valence-corrected chi connectivity index (χ4v) is 2.08. The first-order valence-electron chi connectivity index (χ1n) is 6.21. The van der Waals surface area contributed by atoms with Crippen molar-refractivity contribution in [3.8, 4) is 11.5 Å². The third-order valence-corrected chi connectivity index (χ3v) is 3.43. The summed E-state index contributed by atoms with van der Waals surface area (Å²) in [5, 5.41) is 0. The van der Waals surface area contributed by atoms with Crippen molar-refractivity contribution >= 4 is 11.1 Å². The number of oxazole rings is 1. The fourth-order valence-electron chi connectivity index (χ4n) is 2.08. The first-order chi connectivity index (χ1) is 10.3. The molecule has 0 bridgehead atoms. The van der Waals surface area contributed by atoms with Crippen LogP contribution in [0.1, 0.15) is 11.1 Å². The highest BCUT2D eigenvalue weighted by atomic mass is 19.2. The van der Waals surface area contributed by atoms with Gasteiger partial charge in [0.05, 0.1) is 0 Å². The first-order valence-corrected chi connectivity index (χ1v) is 6.21. The molecule has 0 fully saturated rings. The van der Waals surface area contributed by atoms with E-state index in [4.69, 9.17) is 4.42 Å². The molecule has 0 atom stereocenters. The standard InChI is InChI=1S/C15H8F5NO/c1-5-3-7-8(4-6(5)2)22-15(21-7)9-10(16)12(18)14(20)13(19)11(9)17/h3-4H,1-2H3. The SMILES string of the molecule is Cc1cc2nc(-c3c(F)c(F)c(F)c(F)c3F)oc2cc1C. The van der Waals surface area contributed by atoms with E-state index in [1.54, 1.807) is 26.0 Å². The number of aryl methyl sites for hydroxylation is 2. The van der Waals surface area contributed by atoms with Crippen molar-refractivity contribution in [2.24, 2.45) is 0 Å². The molecule has 0 amide bonds. The zero-order valence-corrected chi connectivity index (χ0v) is 11.4. The van der Waals surface area contributed by atoms with E-state index in [0.717, 1.165) is 11.1 Å². The van der Waals surface area contributed by atoms with Crippen molar-refractivity contribution < 1.29 is 26.4 Å². The molecule has 0 radical (unpaired) electrons. The number of fused-ring (bicyclic) bond motifs is 1. The second-order valence-electron chi connectivity index (χ2n) is 4.87. The van der Waals surface area contributed by atoms with E-state index in [2.05, 4.69) is 4.98 Å². The molecular formula is C15H8F5NO. The summed E-state index contributed by atoms with van der Waals surface area (Å²) in [5.41, 5.74) is 0.976. The summed E-state index contributed by atoms with van der Waals surface area (Å²) >= 11 is 0. The van der Waals surface area contributed by atoms with Gasteiger partial charge in [0, 0.05) is 0 Å². The largest absolute Gasteiger partial charge is 0.436 e. The minimum absolute atomic E-state index is 0.196. The van der Waals surface area contributed by atoms with Crippen molar-refractivity contribution in [3.05, 3.63) is 52.3 Å². The number of hydrogen-bond acceptors (Lipinski definition) is 2. The minimum Gasteiger partial charge on any atom is -0.436 e. The summed E-state index contributed by atoms with van der Waals surface area (Å²) in [6, 6.07) is 3.18. The van der Waals surface area contributed by atoms with Crippen LogP contribution in [0.2, 0.25) is 0 Å². The molecule has 0 aliphatic heterocycles. The van der Waals surface area contributed by atoms with E-state index in [9.17, 15) is 22.0 Å². The number of halogens is 5. The average molecular weight is 313 g/mol. The lowest BCUT2D eigenvalue weighted by molar-refractivity contribution is 0.379. The molecule has 0 N–H and O–H groups in total. The van der Waals surface area contributed by atoms with Gasteiger partial charge in [-0.1, -0.05) is 0 Å². The third kappa shape index (κ3) is 1.96. The second-order valence-corrected chi connectivity index (χ2v) is 4.87. The molecule has 1 aromatic heterocycles. The number of hydrogen-bond donors (Lipinski definition) is 0. The molecule has 0 unspecified atom stereocenters. The van der Waals surface area contributed by atoms with E-state index in [1.165, 1.54) is 0 Å². The number of aromatic nitrogens is 1. The highest BCUT2D eigenvalue weighted by Crippen LogP contribution is 2.33. The van der Waals surface area contributed by atoms with Crippen molar-refractivity contribution in [2.45, 2.75) is 13.8 Å². The highest BCUT2D eigenvalue weighted by Gasteiger charge is 2.29. The van der Waals surface area contributed by atoms with Crippen LogP contribution in [0.25, 0.3) is 22.6 Å². The Hall–Kier alpha value is -2.44. The number of rotatable bonds is 1. The maximum absolute atomic E-state index is 13.8. The van der Waals surface area contributed by atoms with Crippen LogP contribution in [-0.2, 0) is 0 Å². The summed E-state index contributed by atoms with van der Waals surface area (Å²) in [4.78, 5) is 3.82. The lowest BCUT2D eigenvalue weighted by Gasteiger charge is -2.04. The van der Waals surface area contributed by atoms with Gasteiger partial charge in [0.15, 0.2) is 28.9 Å². The van der Waals surface area contributed by atoms with E-state index >= 15 is 0 Å². The number of nitrogens with zero attached hydrogens (tertiary/aromatic N) is 1. The van der Waals surface area contributed by atoms with Crippen molar-refractivity contribution in [3.63, 3.8) is 0 Å². The fraction of sp³-hybridized carbons (Fsp3) is 0.133. The van der Waals surface area contributed by atoms with Gasteiger partial charge in [0.25, 0.3) is 0 Å². The Morgan fingerprint density at radius 1 is 0.773 bits per heavy atom.